The van der Waals surface area contributed by atoms with Crippen molar-refractivity contribution >= 4 is 22.5 Å². The van der Waals surface area contributed by atoms with Crippen molar-refractivity contribution in [2.24, 2.45) is 0 Å². The number of aromatic amines is 1. The van der Waals surface area contributed by atoms with Crippen molar-refractivity contribution in [1.82, 2.24) is 9.97 Å². The first kappa shape index (κ1) is 17.2. The predicted molar refractivity (Wildman–Crippen MR) is 102 cm³/mol. The summed E-state index contributed by atoms with van der Waals surface area (Å²) >= 11 is 1.47. The minimum Gasteiger partial charge on any atom is -0.301 e. The van der Waals surface area contributed by atoms with E-state index in [9.17, 15) is 10.1 Å². The summed E-state index contributed by atoms with van der Waals surface area (Å²) in [6, 6.07) is 16.3. The molecule has 1 aromatic heterocycles. The number of fused-ring (bicyclic) bond motifs is 1. The molecule has 0 amide bonds. The summed E-state index contributed by atoms with van der Waals surface area (Å²) in [5.41, 5.74) is 1.89. The minimum absolute atomic E-state index is 0.149. The summed E-state index contributed by atoms with van der Waals surface area (Å²) in [7, 11) is 0. The van der Waals surface area contributed by atoms with E-state index in [0.29, 0.717) is 22.8 Å². The lowest BCUT2D eigenvalue weighted by Gasteiger charge is -2.16. The number of rotatable bonds is 5. The molecule has 0 aliphatic carbocycles. The Bertz CT molecular complexity index is 998. The summed E-state index contributed by atoms with van der Waals surface area (Å²) in [6.07, 6.45) is 0.539. The number of thioether (sulfide) groups is 1. The van der Waals surface area contributed by atoms with Crippen LogP contribution < -0.4 is 5.56 Å². The first-order valence-corrected chi connectivity index (χ1v) is 9.31. The van der Waals surface area contributed by atoms with E-state index in [4.69, 9.17) is 0 Å². The molecular weight excluding hydrogens is 330 g/mol. The Morgan fingerprint density at radius 2 is 1.96 bits per heavy atom. The van der Waals surface area contributed by atoms with E-state index in [-0.39, 0.29) is 5.56 Å². The van der Waals surface area contributed by atoms with Crippen LogP contribution in [0.4, 0.5) is 0 Å². The summed E-state index contributed by atoms with van der Waals surface area (Å²) in [5.74, 6) is 0.235. The van der Waals surface area contributed by atoms with Crippen molar-refractivity contribution < 1.29 is 0 Å². The molecule has 1 N–H and O–H groups in total. The Kier molecular flexibility index (Phi) is 5.20. The Hall–Kier alpha value is -2.58. The maximum Gasteiger partial charge on any atom is 0.255 e. The van der Waals surface area contributed by atoms with Gasteiger partial charge in [-0.1, -0.05) is 68.1 Å². The van der Waals surface area contributed by atoms with Gasteiger partial charge in [0.15, 0.2) is 5.16 Å². The van der Waals surface area contributed by atoms with Gasteiger partial charge in [0, 0.05) is 5.56 Å². The molecule has 0 aliphatic heterocycles. The fourth-order valence-corrected chi connectivity index (χ4v) is 3.66. The van der Waals surface area contributed by atoms with Crippen LogP contribution in [0.3, 0.4) is 0 Å². The molecule has 0 spiro atoms. The lowest BCUT2D eigenvalue weighted by Crippen LogP contribution is -2.20. The molecule has 3 aromatic rings. The number of nitriles is 1. The Balaban J connectivity index is 2.25. The molecule has 1 unspecified atom stereocenters. The van der Waals surface area contributed by atoms with Gasteiger partial charge < -0.3 is 4.98 Å². The van der Waals surface area contributed by atoms with E-state index in [2.05, 4.69) is 16.0 Å². The van der Waals surface area contributed by atoms with E-state index in [1.54, 1.807) is 0 Å². The van der Waals surface area contributed by atoms with Gasteiger partial charge in [0.25, 0.3) is 5.56 Å². The number of nitrogens with one attached hydrogen (secondary N) is 1. The average molecular weight is 349 g/mol. The molecule has 2 aromatic carbocycles. The number of nitrogens with zero attached hydrogens (tertiary/aromatic N) is 2. The highest BCUT2D eigenvalue weighted by Crippen LogP contribution is 2.31. The topological polar surface area (TPSA) is 69.5 Å². The van der Waals surface area contributed by atoms with Crippen molar-refractivity contribution in [3.05, 3.63) is 69.6 Å². The molecule has 4 nitrogen and oxygen atoms in total. The van der Waals surface area contributed by atoms with Crippen LogP contribution in [0.15, 0.2) is 52.4 Å². The predicted octanol–water partition coefficient (Wildman–Crippen LogP) is 4.25. The number of benzene rings is 2. The van der Waals surface area contributed by atoms with Crippen LogP contribution in [0.2, 0.25) is 0 Å². The summed E-state index contributed by atoms with van der Waals surface area (Å²) < 4.78 is 0. The van der Waals surface area contributed by atoms with Crippen molar-refractivity contribution in [2.75, 3.05) is 5.75 Å². The molecule has 0 aliphatic rings. The van der Waals surface area contributed by atoms with Gasteiger partial charge in [-0.05, 0) is 28.5 Å². The van der Waals surface area contributed by atoms with Gasteiger partial charge in [-0.25, -0.2) is 4.98 Å². The number of aromatic nitrogens is 2. The summed E-state index contributed by atoms with van der Waals surface area (Å²) in [5, 5.41) is 12.6. The maximum atomic E-state index is 12.5. The van der Waals surface area contributed by atoms with Crippen LogP contribution in [0.25, 0.3) is 10.8 Å². The van der Waals surface area contributed by atoms with Crippen LogP contribution in [0.5, 0.6) is 0 Å². The highest BCUT2D eigenvalue weighted by Gasteiger charge is 2.23. The van der Waals surface area contributed by atoms with E-state index in [1.165, 1.54) is 11.8 Å². The van der Waals surface area contributed by atoms with Crippen LogP contribution in [0.1, 0.15) is 36.6 Å². The molecule has 0 saturated carbocycles. The SMILES string of the molecule is CCSc1nc(C(C#N)c2cccc3ccccc23)c(CC)c(=O)[nH]1. The lowest BCUT2D eigenvalue weighted by molar-refractivity contribution is 0.809. The van der Waals surface area contributed by atoms with Crippen LogP contribution in [0, 0.1) is 11.3 Å². The molecular formula is C20H19N3OS. The van der Waals surface area contributed by atoms with Gasteiger partial charge in [0.05, 0.1) is 11.8 Å². The second kappa shape index (κ2) is 7.54. The standard InChI is InChI=1S/C20H19N3OS/c1-3-14-18(22-20(25-4-2)23-19(14)24)17(12-21)16-11-7-9-13-8-5-6-10-15(13)16/h5-11,17H,3-4H2,1-2H3,(H,22,23,24). The van der Waals surface area contributed by atoms with E-state index in [1.807, 2.05) is 56.3 Å². The molecule has 25 heavy (non-hydrogen) atoms. The Morgan fingerprint density at radius 3 is 2.68 bits per heavy atom. The molecule has 0 fully saturated rings. The fraction of sp³-hybridized carbons (Fsp3) is 0.250. The molecule has 0 radical (unpaired) electrons. The molecule has 0 bridgehead atoms. The molecule has 0 saturated heterocycles. The average Bonchev–Trinajstić information content (AvgIpc) is 2.63. The maximum absolute atomic E-state index is 12.5. The largest absolute Gasteiger partial charge is 0.301 e. The van der Waals surface area contributed by atoms with Crippen molar-refractivity contribution in [1.29, 1.82) is 5.26 Å². The monoisotopic (exact) mass is 349 g/mol. The van der Waals surface area contributed by atoms with Crippen LogP contribution in [-0.2, 0) is 6.42 Å². The second-order valence-electron chi connectivity index (χ2n) is 5.65. The number of H-pyrrole nitrogens is 1. The third kappa shape index (κ3) is 3.31. The fourth-order valence-electron chi connectivity index (χ4n) is 3.06. The van der Waals surface area contributed by atoms with Gasteiger partial charge in [-0.15, -0.1) is 0 Å². The number of hydrogen-bond donors (Lipinski definition) is 1. The van der Waals surface area contributed by atoms with E-state index in [0.717, 1.165) is 22.1 Å². The zero-order valence-corrected chi connectivity index (χ0v) is 15.1. The quantitative estimate of drug-likeness (QED) is 0.552. The zero-order chi connectivity index (χ0) is 17.8. The third-order valence-corrected chi connectivity index (χ3v) is 4.95. The van der Waals surface area contributed by atoms with E-state index < -0.39 is 5.92 Å². The van der Waals surface area contributed by atoms with Gasteiger partial charge >= 0.3 is 0 Å². The van der Waals surface area contributed by atoms with Crippen molar-refractivity contribution in [2.45, 2.75) is 31.3 Å². The highest BCUT2D eigenvalue weighted by molar-refractivity contribution is 7.99. The summed E-state index contributed by atoms with van der Waals surface area (Å²) in [4.78, 5) is 19.9. The first-order valence-electron chi connectivity index (χ1n) is 8.32. The molecule has 1 heterocycles. The third-order valence-electron chi connectivity index (χ3n) is 4.20. The molecule has 3 rings (SSSR count). The molecule has 5 heteroatoms. The Labute approximate surface area is 150 Å². The highest BCUT2D eigenvalue weighted by atomic mass is 32.2. The normalized spacial score (nSPS) is 12.0. The second-order valence-corrected chi connectivity index (χ2v) is 6.90. The van der Waals surface area contributed by atoms with Gasteiger partial charge in [0.2, 0.25) is 0 Å². The van der Waals surface area contributed by atoms with Crippen LogP contribution in [-0.4, -0.2) is 15.7 Å². The van der Waals surface area contributed by atoms with Gasteiger partial charge in [-0.3, -0.25) is 4.79 Å². The van der Waals surface area contributed by atoms with Gasteiger partial charge in [0.1, 0.15) is 5.92 Å². The minimum atomic E-state index is -0.570. The van der Waals surface area contributed by atoms with Gasteiger partial charge in [-0.2, -0.15) is 5.26 Å². The van der Waals surface area contributed by atoms with E-state index >= 15 is 0 Å². The lowest BCUT2D eigenvalue weighted by atomic mass is 9.89. The first-order chi connectivity index (χ1) is 12.2. The smallest absolute Gasteiger partial charge is 0.255 e. The van der Waals surface area contributed by atoms with Crippen molar-refractivity contribution in [3.8, 4) is 6.07 Å². The van der Waals surface area contributed by atoms with Crippen molar-refractivity contribution in [3.63, 3.8) is 0 Å². The molecule has 1 atom stereocenters. The zero-order valence-electron chi connectivity index (χ0n) is 14.2. The summed E-state index contributed by atoms with van der Waals surface area (Å²) in [6.45, 7) is 3.92. The van der Waals surface area contributed by atoms with Crippen LogP contribution >= 0.6 is 11.8 Å². The molecule has 126 valence electrons. The number of hydrogen-bond acceptors (Lipinski definition) is 4. The Morgan fingerprint density at radius 1 is 1.20 bits per heavy atom.